The van der Waals surface area contributed by atoms with Crippen LogP contribution in [0, 0.1) is 16.7 Å². The fourth-order valence-electron chi connectivity index (χ4n) is 4.08. The number of aromatic nitrogens is 3. The van der Waals surface area contributed by atoms with Crippen molar-refractivity contribution in [1.82, 2.24) is 14.5 Å². The summed E-state index contributed by atoms with van der Waals surface area (Å²) >= 11 is 0. The smallest absolute Gasteiger partial charge is 0.259 e. The first-order chi connectivity index (χ1) is 19.4. The second-order valence-electron chi connectivity index (χ2n) is 8.94. The Bertz CT molecular complexity index is 1600. The number of nitrogens with one attached hydrogen (secondary N) is 1. The number of ketones is 1. The third-order valence-corrected chi connectivity index (χ3v) is 6.49. The van der Waals surface area contributed by atoms with Gasteiger partial charge in [0.2, 0.25) is 0 Å². The van der Waals surface area contributed by atoms with Gasteiger partial charge < -0.3 is 24.3 Å². The predicted octanol–water partition coefficient (Wildman–Crippen LogP) is 2.64. The number of nitriles is 1. The lowest BCUT2D eigenvalue weighted by atomic mass is 9.86. The Kier molecular flexibility index (Phi) is 8.20. The molecular weight excluding hydrogens is 512 g/mol. The molecule has 0 saturated heterocycles. The Morgan fingerprint density at radius 1 is 1.05 bits per heavy atom. The van der Waals surface area contributed by atoms with Crippen molar-refractivity contribution >= 4 is 53.1 Å². The number of carbonyl (C=O) groups is 5. The second-order valence-corrected chi connectivity index (χ2v) is 8.94. The zero-order valence-corrected chi connectivity index (χ0v) is 21.5. The molecule has 0 unspecified atom stereocenters. The van der Waals surface area contributed by atoms with Crippen LogP contribution in [0.25, 0.3) is 11.0 Å². The number of rotatable bonds is 12. The molecule has 0 saturated carbocycles. The molecule has 0 aliphatic heterocycles. The number of fused-ring (bicyclic) bond motifs is 1. The first-order valence-electron chi connectivity index (χ1n) is 12.2. The number of aryl methyl sites for hydroxylation is 1. The Morgan fingerprint density at radius 2 is 1.77 bits per heavy atom. The molecule has 2 aromatic heterocycles. The van der Waals surface area contributed by atoms with Crippen molar-refractivity contribution in [2.75, 3.05) is 16.8 Å². The van der Waals surface area contributed by atoms with Crippen LogP contribution in [0.5, 0.6) is 0 Å². The van der Waals surface area contributed by atoms with Crippen LogP contribution in [0.1, 0.15) is 28.2 Å². The van der Waals surface area contributed by atoms with Crippen LogP contribution >= 0.6 is 0 Å². The molecule has 4 rings (SSSR count). The normalized spacial score (nSPS) is 10.9. The summed E-state index contributed by atoms with van der Waals surface area (Å²) in [5.74, 6) is -0.433. The van der Waals surface area contributed by atoms with Crippen molar-refractivity contribution in [2.24, 2.45) is 12.5 Å². The Balaban J connectivity index is 1.58. The summed E-state index contributed by atoms with van der Waals surface area (Å²) in [5, 5.41) is 12.2. The van der Waals surface area contributed by atoms with E-state index in [2.05, 4.69) is 21.4 Å². The Morgan fingerprint density at radius 3 is 2.40 bits per heavy atom. The fourth-order valence-corrected chi connectivity index (χ4v) is 4.08. The van der Waals surface area contributed by atoms with Crippen LogP contribution in [-0.2, 0) is 32.8 Å². The standard InChI is InChI=1S/C29H24N6O5/c1-34-24-10-7-21(14-23(24)33-27(34)16-32-22-8-5-20(15-30)6-9-22)28(40)35(26-4-2-3-12-31-26)13-11-25(39)29(17-36,18-37)19-38/h2-10,12,14,17-19,32H,11,13,16H2,1H3. The molecule has 2 heterocycles. The van der Waals surface area contributed by atoms with Crippen molar-refractivity contribution in [1.29, 1.82) is 5.26 Å². The van der Waals surface area contributed by atoms with E-state index in [9.17, 15) is 24.0 Å². The van der Waals surface area contributed by atoms with Gasteiger partial charge >= 0.3 is 0 Å². The lowest BCUT2D eigenvalue weighted by Gasteiger charge is -2.23. The minimum atomic E-state index is -2.39. The number of anilines is 2. The highest BCUT2D eigenvalue weighted by Gasteiger charge is 2.38. The number of hydrogen-bond donors (Lipinski definition) is 1. The van der Waals surface area contributed by atoms with Crippen LogP contribution in [0.3, 0.4) is 0 Å². The lowest BCUT2D eigenvalue weighted by molar-refractivity contribution is -0.142. The summed E-state index contributed by atoms with van der Waals surface area (Å²) in [6.45, 7) is 0.181. The van der Waals surface area contributed by atoms with E-state index in [1.807, 2.05) is 11.6 Å². The summed E-state index contributed by atoms with van der Waals surface area (Å²) in [4.78, 5) is 70.2. The third-order valence-electron chi connectivity index (χ3n) is 6.49. The molecule has 0 bridgehead atoms. The molecule has 0 radical (unpaired) electrons. The predicted molar refractivity (Wildman–Crippen MR) is 145 cm³/mol. The number of amides is 1. The van der Waals surface area contributed by atoms with Gasteiger partial charge in [-0.1, -0.05) is 6.07 Å². The van der Waals surface area contributed by atoms with Gasteiger partial charge in [-0.2, -0.15) is 5.26 Å². The number of aldehydes is 3. The highest BCUT2D eigenvalue weighted by Crippen LogP contribution is 2.22. The molecule has 4 aromatic rings. The number of nitrogens with zero attached hydrogens (tertiary/aromatic N) is 5. The van der Waals surface area contributed by atoms with Crippen molar-refractivity contribution in [3.8, 4) is 6.07 Å². The van der Waals surface area contributed by atoms with E-state index in [0.717, 1.165) is 11.2 Å². The summed E-state index contributed by atoms with van der Waals surface area (Å²) in [7, 11) is 1.86. The number of carbonyl (C=O) groups excluding carboxylic acids is 5. The first-order valence-corrected chi connectivity index (χ1v) is 12.2. The van der Waals surface area contributed by atoms with Crippen molar-refractivity contribution in [3.05, 3.63) is 83.8 Å². The average molecular weight is 537 g/mol. The van der Waals surface area contributed by atoms with Crippen LogP contribution in [0.2, 0.25) is 0 Å². The van der Waals surface area contributed by atoms with Crippen LogP contribution in [-0.4, -0.2) is 51.6 Å². The van der Waals surface area contributed by atoms with E-state index in [-0.39, 0.29) is 36.8 Å². The molecule has 1 N–H and O–H groups in total. The molecule has 200 valence electrons. The van der Waals surface area contributed by atoms with Gasteiger partial charge in [0.15, 0.2) is 11.2 Å². The van der Waals surface area contributed by atoms with E-state index in [0.29, 0.717) is 23.4 Å². The van der Waals surface area contributed by atoms with E-state index >= 15 is 0 Å². The van der Waals surface area contributed by atoms with Gasteiger partial charge in [-0.05, 0) is 54.6 Å². The Hall–Kier alpha value is -5.50. The van der Waals surface area contributed by atoms with Crippen molar-refractivity contribution in [2.45, 2.75) is 13.0 Å². The molecule has 0 spiro atoms. The molecule has 11 nitrogen and oxygen atoms in total. The third kappa shape index (κ3) is 5.51. The van der Waals surface area contributed by atoms with Crippen molar-refractivity contribution in [3.63, 3.8) is 0 Å². The minimum Gasteiger partial charge on any atom is -0.378 e. The summed E-state index contributed by atoms with van der Waals surface area (Å²) in [6, 6.07) is 19.1. The van der Waals surface area contributed by atoms with Gasteiger partial charge in [-0.3, -0.25) is 14.5 Å². The lowest BCUT2D eigenvalue weighted by Crippen LogP contribution is -2.40. The van der Waals surface area contributed by atoms with E-state index < -0.39 is 23.5 Å². The molecule has 1 amide bonds. The molecule has 0 aliphatic carbocycles. The molecular formula is C29H24N6O5. The maximum Gasteiger partial charge on any atom is 0.259 e. The monoisotopic (exact) mass is 536 g/mol. The van der Waals surface area contributed by atoms with Gasteiger partial charge in [0, 0.05) is 37.5 Å². The van der Waals surface area contributed by atoms with Gasteiger partial charge in [-0.25, -0.2) is 9.97 Å². The highest BCUT2D eigenvalue weighted by atomic mass is 16.2. The van der Waals surface area contributed by atoms with E-state index in [1.165, 1.54) is 11.1 Å². The van der Waals surface area contributed by atoms with Crippen molar-refractivity contribution < 1.29 is 24.0 Å². The van der Waals surface area contributed by atoms with E-state index in [4.69, 9.17) is 5.26 Å². The summed E-state index contributed by atoms with van der Waals surface area (Å²) < 4.78 is 1.90. The minimum absolute atomic E-state index is 0.00502. The molecule has 11 heteroatoms. The molecule has 0 atom stereocenters. The van der Waals surface area contributed by atoms with Crippen LogP contribution in [0.4, 0.5) is 11.5 Å². The number of pyridine rings is 1. The van der Waals surface area contributed by atoms with Gasteiger partial charge in [-0.15, -0.1) is 0 Å². The largest absolute Gasteiger partial charge is 0.378 e. The number of hydrogen-bond acceptors (Lipinski definition) is 9. The zero-order chi connectivity index (χ0) is 28.7. The molecule has 40 heavy (non-hydrogen) atoms. The maximum absolute atomic E-state index is 13.6. The number of Topliss-reactive ketones (excluding diaryl/α,β-unsaturated/α-hetero) is 1. The maximum atomic E-state index is 13.6. The van der Waals surface area contributed by atoms with E-state index in [1.54, 1.807) is 60.7 Å². The molecule has 0 fully saturated rings. The topological polar surface area (TPSA) is 155 Å². The van der Waals surface area contributed by atoms with Gasteiger partial charge in [0.25, 0.3) is 5.91 Å². The summed E-state index contributed by atoms with van der Waals surface area (Å²) in [5.41, 5.74) is 0.635. The SMILES string of the molecule is Cn1c(CNc2ccc(C#N)cc2)nc2cc(C(=O)N(CCC(=O)C(C=O)(C=O)C=O)c3ccccn3)ccc21. The summed E-state index contributed by atoms with van der Waals surface area (Å²) in [6.07, 6.45) is 1.08. The highest BCUT2D eigenvalue weighted by molar-refractivity contribution is 6.24. The fraction of sp³-hybridized carbons (Fsp3) is 0.172. The first kappa shape index (κ1) is 27.5. The number of imidazole rings is 1. The van der Waals surface area contributed by atoms with Crippen LogP contribution in [0.15, 0.2) is 66.9 Å². The molecule has 0 aliphatic rings. The van der Waals surface area contributed by atoms with Gasteiger partial charge in [0.1, 0.15) is 30.5 Å². The van der Waals surface area contributed by atoms with Gasteiger partial charge in [0.05, 0.1) is 29.2 Å². The number of benzene rings is 2. The quantitative estimate of drug-likeness (QED) is 0.212. The second kappa shape index (κ2) is 11.9. The Labute approximate surface area is 229 Å². The average Bonchev–Trinajstić information content (AvgIpc) is 3.32. The molecule has 2 aromatic carbocycles. The zero-order valence-electron chi connectivity index (χ0n) is 21.5. The van der Waals surface area contributed by atoms with Crippen LogP contribution < -0.4 is 10.2 Å².